The molecule has 0 aromatic heterocycles. The van der Waals surface area contributed by atoms with E-state index in [0.717, 1.165) is 6.07 Å². The van der Waals surface area contributed by atoms with Crippen LogP contribution in [-0.4, -0.2) is 5.78 Å². The second kappa shape index (κ2) is 4.13. The summed E-state index contributed by atoms with van der Waals surface area (Å²) in [5.74, 6) is -1.42. The Morgan fingerprint density at radius 1 is 1.43 bits per heavy atom. The molecule has 1 aromatic rings. The minimum absolute atomic E-state index is 0.0408. The van der Waals surface area contributed by atoms with Crippen molar-refractivity contribution in [1.29, 1.82) is 0 Å². The highest BCUT2D eigenvalue weighted by atomic mass is 79.9. The Balaban J connectivity index is 3.31. The molecular weight excluding hydrogens is 261 g/mol. The Hall–Kier alpha value is -0.840. The summed E-state index contributed by atoms with van der Waals surface area (Å²) in [4.78, 5) is 10.9. The van der Waals surface area contributed by atoms with Crippen LogP contribution in [0.25, 0.3) is 0 Å². The van der Waals surface area contributed by atoms with E-state index in [1.165, 1.54) is 6.92 Å². The van der Waals surface area contributed by atoms with Gasteiger partial charge >= 0.3 is 0 Å². The number of hydrogen-bond donors (Lipinski definition) is 0. The highest BCUT2D eigenvalue weighted by Crippen LogP contribution is 2.29. The monoisotopic (exact) mass is 266 g/mol. The second-order valence-electron chi connectivity index (χ2n) is 2.71. The van der Waals surface area contributed by atoms with Crippen LogP contribution in [0.2, 0.25) is 0 Å². The number of carbonyl (C=O) groups excluding carboxylic acids is 1. The van der Waals surface area contributed by atoms with E-state index in [0.29, 0.717) is 6.07 Å². The van der Waals surface area contributed by atoms with Crippen LogP contribution in [0.3, 0.4) is 0 Å². The fraction of sp³-hybridized carbons (Fsp3) is 0.222. The molecule has 0 radical (unpaired) electrons. The number of Topliss-reactive ketones (excluding diaryl/α,β-unsaturated/α-hetero) is 1. The SMILES string of the molecule is CC(=O)c1cc(Br)c(C(F)F)cc1F. The highest BCUT2D eigenvalue weighted by molar-refractivity contribution is 9.10. The zero-order chi connectivity index (χ0) is 10.9. The minimum Gasteiger partial charge on any atom is -0.294 e. The van der Waals surface area contributed by atoms with E-state index in [1.54, 1.807) is 0 Å². The zero-order valence-corrected chi connectivity index (χ0v) is 8.74. The summed E-state index contributed by atoms with van der Waals surface area (Å²) in [5.41, 5.74) is -0.645. The van der Waals surface area contributed by atoms with Gasteiger partial charge in [-0.2, -0.15) is 0 Å². The largest absolute Gasteiger partial charge is 0.294 e. The number of halogens is 4. The summed E-state index contributed by atoms with van der Waals surface area (Å²) >= 11 is 2.85. The lowest BCUT2D eigenvalue weighted by molar-refractivity contribution is 0.101. The van der Waals surface area contributed by atoms with Crippen LogP contribution in [0.15, 0.2) is 16.6 Å². The third-order valence-corrected chi connectivity index (χ3v) is 2.39. The van der Waals surface area contributed by atoms with Crippen molar-refractivity contribution >= 4 is 21.7 Å². The number of benzene rings is 1. The molecule has 0 saturated carbocycles. The third-order valence-electron chi connectivity index (χ3n) is 1.70. The van der Waals surface area contributed by atoms with Crippen molar-refractivity contribution in [3.63, 3.8) is 0 Å². The average Bonchev–Trinajstić information content (AvgIpc) is 2.07. The predicted octanol–water partition coefficient (Wildman–Crippen LogP) is 3.73. The molecule has 0 bridgehead atoms. The Morgan fingerprint density at radius 3 is 2.43 bits per heavy atom. The van der Waals surface area contributed by atoms with Gasteiger partial charge in [0.15, 0.2) is 5.78 Å². The quantitative estimate of drug-likeness (QED) is 0.746. The van der Waals surface area contributed by atoms with Crippen LogP contribution in [-0.2, 0) is 0 Å². The highest BCUT2D eigenvalue weighted by Gasteiger charge is 2.17. The average molecular weight is 267 g/mol. The zero-order valence-electron chi connectivity index (χ0n) is 7.15. The number of ketones is 1. The Kier molecular flexibility index (Phi) is 3.31. The summed E-state index contributed by atoms with van der Waals surface area (Å²) in [6.45, 7) is 1.17. The van der Waals surface area contributed by atoms with E-state index in [9.17, 15) is 18.0 Å². The van der Waals surface area contributed by atoms with Crippen molar-refractivity contribution in [2.45, 2.75) is 13.3 Å². The van der Waals surface area contributed by atoms with Crippen LogP contribution >= 0.6 is 15.9 Å². The fourth-order valence-electron chi connectivity index (χ4n) is 0.999. The van der Waals surface area contributed by atoms with Crippen molar-refractivity contribution in [3.8, 4) is 0 Å². The Bertz CT molecular complexity index is 377. The standard InChI is InChI=1S/C9H6BrF3O/c1-4(14)5-2-7(10)6(9(12)13)3-8(5)11/h2-3,9H,1H3. The van der Waals surface area contributed by atoms with Crippen LogP contribution in [0.1, 0.15) is 29.3 Å². The molecule has 5 heteroatoms. The lowest BCUT2D eigenvalue weighted by Crippen LogP contribution is -1.99. The summed E-state index contributed by atoms with van der Waals surface area (Å²) in [6, 6.07) is 1.74. The van der Waals surface area contributed by atoms with Gasteiger partial charge in [0.2, 0.25) is 0 Å². The maximum atomic E-state index is 13.1. The first-order valence-electron chi connectivity index (χ1n) is 3.71. The van der Waals surface area contributed by atoms with E-state index in [2.05, 4.69) is 15.9 Å². The van der Waals surface area contributed by atoms with Crippen molar-refractivity contribution < 1.29 is 18.0 Å². The second-order valence-corrected chi connectivity index (χ2v) is 3.56. The van der Waals surface area contributed by atoms with Gasteiger partial charge in [0.25, 0.3) is 6.43 Å². The molecule has 0 saturated heterocycles. The van der Waals surface area contributed by atoms with E-state index < -0.39 is 23.6 Å². The van der Waals surface area contributed by atoms with Crippen molar-refractivity contribution in [2.75, 3.05) is 0 Å². The lowest BCUT2D eigenvalue weighted by Gasteiger charge is -2.05. The number of hydrogen-bond acceptors (Lipinski definition) is 1. The van der Waals surface area contributed by atoms with Crippen molar-refractivity contribution in [3.05, 3.63) is 33.5 Å². The van der Waals surface area contributed by atoms with Crippen molar-refractivity contribution in [1.82, 2.24) is 0 Å². The first kappa shape index (κ1) is 11.2. The first-order valence-corrected chi connectivity index (χ1v) is 4.50. The molecule has 0 heterocycles. The molecule has 0 N–H and O–H groups in total. The van der Waals surface area contributed by atoms with Gasteiger partial charge in [-0.25, -0.2) is 13.2 Å². The van der Waals surface area contributed by atoms with E-state index in [4.69, 9.17) is 0 Å². The maximum Gasteiger partial charge on any atom is 0.265 e. The van der Waals surface area contributed by atoms with Gasteiger partial charge in [-0.1, -0.05) is 15.9 Å². The van der Waals surface area contributed by atoms with Crippen molar-refractivity contribution in [2.24, 2.45) is 0 Å². The molecule has 0 aliphatic rings. The van der Waals surface area contributed by atoms with Crippen LogP contribution in [0.4, 0.5) is 13.2 Å². The molecule has 0 spiro atoms. The third kappa shape index (κ3) is 2.15. The molecule has 14 heavy (non-hydrogen) atoms. The number of rotatable bonds is 2. The normalized spacial score (nSPS) is 10.7. The minimum atomic E-state index is -2.76. The molecule has 0 atom stereocenters. The lowest BCUT2D eigenvalue weighted by atomic mass is 10.1. The molecule has 76 valence electrons. The number of alkyl halides is 2. The summed E-state index contributed by atoms with van der Waals surface area (Å²) < 4.78 is 37.6. The molecule has 0 unspecified atom stereocenters. The summed E-state index contributed by atoms with van der Waals surface area (Å²) in [6.07, 6.45) is -2.76. The molecule has 1 rings (SSSR count). The molecular formula is C9H6BrF3O. The van der Waals surface area contributed by atoms with Gasteiger partial charge in [0.1, 0.15) is 5.82 Å². The molecule has 0 amide bonds. The predicted molar refractivity (Wildman–Crippen MR) is 49.1 cm³/mol. The van der Waals surface area contributed by atoms with E-state index in [-0.39, 0.29) is 10.0 Å². The van der Waals surface area contributed by atoms with Gasteiger partial charge in [-0.3, -0.25) is 4.79 Å². The van der Waals surface area contributed by atoms with E-state index in [1.807, 2.05) is 0 Å². The van der Waals surface area contributed by atoms with E-state index >= 15 is 0 Å². The van der Waals surface area contributed by atoms with Crippen LogP contribution < -0.4 is 0 Å². The summed E-state index contributed by atoms with van der Waals surface area (Å²) in [5, 5.41) is 0. The van der Waals surface area contributed by atoms with Gasteiger partial charge < -0.3 is 0 Å². The van der Waals surface area contributed by atoms with Gasteiger partial charge in [0, 0.05) is 10.0 Å². The molecule has 0 fully saturated rings. The maximum absolute atomic E-state index is 13.1. The van der Waals surface area contributed by atoms with Gasteiger partial charge in [-0.15, -0.1) is 0 Å². The number of carbonyl (C=O) groups is 1. The Labute approximate surface area is 87.1 Å². The van der Waals surface area contributed by atoms with Crippen LogP contribution in [0.5, 0.6) is 0 Å². The molecule has 1 nitrogen and oxygen atoms in total. The first-order chi connectivity index (χ1) is 6.43. The fourth-order valence-corrected chi connectivity index (χ4v) is 1.52. The van der Waals surface area contributed by atoms with Gasteiger partial charge in [-0.05, 0) is 19.1 Å². The summed E-state index contributed by atoms with van der Waals surface area (Å²) in [7, 11) is 0. The molecule has 1 aromatic carbocycles. The Morgan fingerprint density at radius 2 is 2.00 bits per heavy atom. The van der Waals surface area contributed by atoms with Crippen LogP contribution in [0, 0.1) is 5.82 Å². The molecule has 0 aliphatic carbocycles. The van der Waals surface area contributed by atoms with Gasteiger partial charge in [0.05, 0.1) is 5.56 Å². The smallest absolute Gasteiger partial charge is 0.265 e. The topological polar surface area (TPSA) is 17.1 Å². The molecule has 0 aliphatic heterocycles.